The van der Waals surface area contributed by atoms with Gasteiger partial charge in [-0.15, -0.1) is 0 Å². The predicted molar refractivity (Wildman–Crippen MR) is 63.6 cm³/mol. The van der Waals surface area contributed by atoms with Gasteiger partial charge in [0.1, 0.15) is 0 Å². The van der Waals surface area contributed by atoms with Crippen LogP contribution in [0.2, 0.25) is 0 Å². The van der Waals surface area contributed by atoms with E-state index < -0.39 is 0 Å². The van der Waals surface area contributed by atoms with Crippen LogP contribution in [0.15, 0.2) is 45.1 Å². The molecule has 0 bridgehead atoms. The van der Waals surface area contributed by atoms with Gasteiger partial charge in [0.25, 0.3) is 0 Å². The molecule has 0 amide bonds. The van der Waals surface area contributed by atoms with Gasteiger partial charge in [-0.05, 0) is 28.1 Å². The number of hydrogen-bond donors (Lipinski definition) is 0. The average molecular weight is 293 g/mol. The van der Waals surface area contributed by atoms with Crippen LogP contribution in [-0.4, -0.2) is 0 Å². The molecule has 0 nitrogen and oxygen atoms in total. The average Bonchev–Trinajstić information content (AvgIpc) is 2.38. The lowest BCUT2D eigenvalue weighted by Gasteiger charge is -1.93. The van der Waals surface area contributed by atoms with E-state index in [1.54, 1.807) is 6.08 Å². The molecule has 1 rings (SSSR count). The molecule has 1 aliphatic carbocycles. The van der Waals surface area contributed by atoms with Crippen molar-refractivity contribution in [2.45, 2.75) is 12.8 Å². The van der Waals surface area contributed by atoms with Crippen LogP contribution in [0.1, 0.15) is 12.8 Å². The van der Waals surface area contributed by atoms with Crippen molar-refractivity contribution in [2.24, 2.45) is 0 Å². The third kappa shape index (κ3) is 2.23. The molecule has 0 unspecified atom stereocenters. The summed E-state index contributed by atoms with van der Waals surface area (Å²) in [7, 11) is 0. The normalized spacial score (nSPS) is 21.3. The second-order valence-electron chi connectivity index (χ2n) is 2.56. The lowest BCUT2D eigenvalue weighted by atomic mass is 10.2. The minimum atomic E-state index is 0.905. The zero-order chi connectivity index (χ0) is 8.97. The van der Waals surface area contributed by atoms with Crippen LogP contribution < -0.4 is 0 Å². The molecule has 0 radical (unpaired) electrons. The minimum absolute atomic E-state index is 0.905. The van der Waals surface area contributed by atoms with E-state index in [1.165, 1.54) is 11.1 Å². The summed E-state index contributed by atoms with van der Waals surface area (Å²) in [4.78, 5) is 0. The Hall–Kier alpha value is -0.0200. The molecular weight excluding hydrogens is 282 g/mol. The minimum Gasteiger partial charge on any atom is -0.0991 e. The lowest BCUT2D eigenvalue weighted by molar-refractivity contribution is 1.03. The van der Waals surface area contributed by atoms with Crippen LogP contribution >= 0.6 is 34.2 Å². The van der Waals surface area contributed by atoms with Gasteiger partial charge >= 0.3 is 0 Å². The van der Waals surface area contributed by atoms with Crippen LogP contribution in [-0.2, 0) is 0 Å². The van der Waals surface area contributed by atoms with Gasteiger partial charge in [0.05, 0.1) is 0 Å². The molecule has 0 aromatic rings. The first kappa shape index (κ1) is 10.1. The molecule has 12 heavy (non-hydrogen) atoms. The van der Waals surface area contributed by atoms with Crippen molar-refractivity contribution in [1.82, 2.24) is 0 Å². The van der Waals surface area contributed by atoms with Crippen molar-refractivity contribution >= 4 is 34.2 Å². The zero-order valence-corrected chi connectivity index (χ0v) is 9.60. The monoisotopic (exact) mass is 292 g/mol. The van der Waals surface area contributed by atoms with Gasteiger partial charge in [-0.25, -0.2) is 0 Å². The van der Waals surface area contributed by atoms with Gasteiger partial charge < -0.3 is 0 Å². The molecular formula is C10H10ClI. The molecule has 0 fully saturated rings. The molecule has 0 N–H and O–H groups in total. The lowest BCUT2D eigenvalue weighted by Crippen LogP contribution is -1.72. The van der Waals surface area contributed by atoms with Gasteiger partial charge in [-0.1, -0.05) is 59.0 Å². The van der Waals surface area contributed by atoms with E-state index in [0.29, 0.717) is 0 Å². The molecule has 64 valence electrons. The highest BCUT2D eigenvalue weighted by Crippen LogP contribution is 2.34. The predicted octanol–water partition coefficient (Wildman–Crippen LogP) is 4.33. The number of halogens is 2. The third-order valence-electron chi connectivity index (χ3n) is 1.81. The Bertz CT molecular complexity index is 272. The van der Waals surface area contributed by atoms with Gasteiger partial charge in [-0.2, -0.15) is 0 Å². The largest absolute Gasteiger partial charge is 0.0991 e. The molecule has 0 aliphatic heterocycles. The standard InChI is InChI=1S/C10H10ClI/c1-2-3-8-4-5-9(6-7-12)10(8)11/h2-3,6-7H,1,4-5H2/b7-6+,8-3+. The van der Waals surface area contributed by atoms with Crippen molar-refractivity contribution in [3.63, 3.8) is 0 Å². The summed E-state index contributed by atoms with van der Waals surface area (Å²) in [5.74, 6) is 0. The van der Waals surface area contributed by atoms with Crippen molar-refractivity contribution in [1.29, 1.82) is 0 Å². The maximum absolute atomic E-state index is 6.11. The van der Waals surface area contributed by atoms with E-state index in [4.69, 9.17) is 11.6 Å². The molecule has 0 heterocycles. The highest BCUT2D eigenvalue weighted by atomic mass is 127. The Labute approximate surface area is 91.8 Å². The fourth-order valence-electron chi connectivity index (χ4n) is 1.23. The summed E-state index contributed by atoms with van der Waals surface area (Å²) < 4.78 is 1.99. The molecule has 2 heteroatoms. The Kier molecular flexibility index (Phi) is 4.09. The van der Waals surface area contributed by atoms with Crippen LogP contribution in [0.5, 0.6) is 0 Å². The first-order chi connectivity index (χ1) is 5.79. The number of rotatable bonds is 2. The SMILES string of the molecule is C=C/C=C1\CCC(/C=C/I)=C1Cl. The molecule has 0 saturated carbocycles. The Morgan fingerprint density at radius 2 is 2.17 bits per heavy atom. The topological polar surface area (TPSA) is 0 Å². The highest BCUT2D eigenvalue weighted by Gasteiger charge is 2.14. The Morgan fingerprint density at radius 1 is 1.42 bits per heavy atom. The summed E-state index contributed by atoms with van der Waals surface area (Å²) in [6.07, 6.45) is 7.93. The number of hydrogen-bond acceptors (Lipinski definition) is 0. The van der Waals surface area contributed by atoms with Gasteiger partial charge in [0.2, 0.25) is 0 Å². The van der Waals surface area contributed by atoms with Gasteiger partial charge in [-0.3, -0.25) is 0 Å². The van der Waals surface area contributed by atoms with Gasteiger partial charge in [0.15, 0.2) is 0 Å². The first-order valence-electron chi connectivity index (χ1n) is 3.77. The zero-order valence-electron chi connectivity index (χ0n) is 6.69. The van der Waals surface area contributed by atoms with Crippen molar-refractivity contribution < 1.29 is 0 Å². The molecule has 0 aromatic carbocycles. The Morgan fingerprint density at radius 3 is 2.75 bits per heavy atom. The van der Waals surface area contributed by atoms with Crippen molar-refractivity contribution in [2.75, 3.05) is 0 Å². The maximum Gasteiger partial charge on any atom is 0.0470 e. The van der Waals surface area contributed by atoms with E-state index >= 15 is 0 Å². The second kappa shape index (κ2) is 4.87. The Balaban J connectivity index is 2.90. The van der Waals surface area contributed by atoms with Crippen LogP contribution in [0.4, 0.5) is 0 Å². The van der Waals surface area contributed by atoms with E-state index in [9.17, 15) is 0 Å². The maximum atomic E-state index is 6.11. The van der Waals surface area contributed by atoms with E-state index in [-0.39, 0.29) is 0 Å². The third-order valence-corrected chi connectivity index (χ3v) is 2.66. The van der Waals surface area contributed by atoms with Crippen LogP contribution in [0.25, 0.3) is 0 Å². The van der Waals surface area contributed by atoms with Crippen LogP contribution in [0.3, 0.4) is 0 Å². The second-order valence-corrected chi connectivity index (χ2v) is 3.66. The van der Waals surface area contributed by atoms with E-state index in [1.807, 2.05) is 10.2 Å². The molecule has 1 aliphatic rings. The molecule has 0 aromatic heterocycles. The summed E-state index contributed by atoms with van der Waals surface area (Å²) in [5.41, 5.74) is 2.44. The molecule has 0 atom stereocenters. The van der Waals surface area contributed by atoms with Gasteiger partial charge in [0, 0.05) is 5.03 Å². The smallest absolute Gasteiger partial charge is 0.0470 e. The highest BCUT2D eigenvalue weighted by molar-refractivity contribution is 14.1. The summed E-state index contributed by atoms with van der Waals surface area (Å²) >= 11 is 8.31. The van der Waals surface area contributed by atoms with E-state index in [0.717, 1.165) is 17.9 Å². The summed E-state index contributed by atoms with van der Waals surface area (Å²) in [6.45, 7) is 3.65. The van der Waals surface area contributed by atoms with Crippen molar-refractivity contribution in [3.8, 4) is 0 Å². The van der Waals surface area contributed by atoms with Crippen molar-refractivity contribution in [3.05, 3.63) is 45.1 Å². The fourth-order valence-corrected chi connectivity index (χ4v) is 1.98. The fraction of sp³-hybridized carbons (Fsp3) is 0.200. The number of allylic oxidation sites excluding steroid dienone is 6. The van der Waals surface area contributed by atoms with E-state index in [2.05, 4.69) is 35.2 Å². The molecule has 0 spiro atoms. The summed E-state index contributed by atoms with van der Waals surface area (Å²) in [6, 6.07) is 0. The first-order valence-corrected chi connectivity index (χ1v) is 5.39. The summed E-state index contributed by atoms with van der Waals surface area (Å²) in [5, 5.41) is 0.905. The quantitative estimate of drug-likeness (QED) is 0.664. The van der Waals surface area contributed by atoms with Crippen LogP contribution in [0, 0.1) is 0 Å². The molecule has 0 saturated heterocycles.